The lowest BCUT2D eigenvalue weighted by Crippen LogP contribution is -2.57. The molecule has 35 heteroatoms. The molecule has 1 saturated heterocycles. The molecular weight excluding hydrogens is 1510 g/mol. The van der Waals surface area contributed by atoms with Crippen LogP contribution < -0.4 is 64.3 Å². The lowest BCUT2D eigenvalue weighted by Gasteiger charge is -2.37. The van der Waals surface area contributed by atoms with Crippen LogP contribution in [-0.4, -0.2) is 192 Å². The van der Waals surface area contributed by atoms with E-state index in [0.717, 1.165) is 28.5 Å². The normalized spacial score (nSPS) is 15.9. The maximum absolute atomic E-state index is 14.6. The summed E-state index contributed by atoms with van der Waals surface area (Å²) in [5.41, 5.74) is 14.3. The summed E-state index contributed by atoms with van der Waals surface area (Å²) in [5.74, 6) is -5.99. The number of carbonyl (C=O) groups excluding carboxylic acids is 9. The number of aliphatic hydroxyl groups excluding tert-OH is 1. The number of sulfonamides is 1. The van der Waals surface area contributed by atoms with Crippen molar-refractivity contribution in [3.05, 3.63) is 141 Å². The van der Waals surface area contributed by atoms with E-state index in [-0.39, 0.29) is 126 Å². The molecule has 6 atom stereocenters. The van der Waals surface area contributed by atoms with Crippen molar-refractivity contribution < 1.29 is 89.8 Å². The van der Waals surface area contributed by atoms with Gasteiger partial charge in [0.1, 0.15) is 24.7 Å². The van der Waals surface area contributed by atoms with Crippen LogP contribution in [0.3, 0.4) is 0 Å². The highest BCUT2D eigenvalue weighted by atomic mass is 32.2. The van der Waals surface area contributed by atoms with Crippen LogP contribution in [0, 0.1) is 5.92 Å². The first-order chi connectivity index (χ1) is 55.4. The quantitative estimate of drug-likeness (QED) is 0.00933. The second-order valence-electron chi connectivity index (χ2n) is 28.1. The minimum atomic E-state index is -4.16. The molecule has 1 fully saturated rings. The van der Waals surface area contributed by atoms with Crippen molar-refractivity contribution in [3.63, 3.8) is 0 Å². The molecule has 7 amide bonds. The van der Waals surface area contributed by atoms with Crippen LogP contribution in [0.4, 0.5) is 32.3 Å². The monoisotopic (exact) mass is 1610 g/mol. The highest BCUT2D eigenvalue weighted by molar-refractivity contribution is 7.92. The molecule has 6 unspecified atom stereocenters. The molecule has 0 saturated carbocycles. The third kappa shape index (κ3) is 24.2. The van der Waals surface area contributed by atoms with Crippen molar-refractivity contribution in [1.29, 1.82) is 0 Å². The summed E-state index contributed by atoms with van der Waals surface area (Å²) in [5, 5.41) is 33.2. The first kappa shape index (κ1) is 88.3. The fourth-order valence-electron chi connectivity index (χ4n) is 13.6. The van der Waals surface area contributed by atoms with Gasteiger partial charge in [0.15, 0.2) is 6.35 Å². The number of esters is 4. The standard InChI is InChI=1S/C80H106N14O20S/c1-6-32-83-77(103)87-54-19-16-21-56(44-54)115(106,107)92-55-20-15-18-51(43-55)63(46-68(96)111-35-13-11-30-81)90-79(105)86-53-27-25-52(26-28-53)85-78(104)84-33-38-109-40-42-110-41-39-108-37-29-67(95)88-64(47-69(97)112-36-14-12-31-82)74(100)93-34-17-24-65(93)72(98)91-70(50(4)5)75(101)114-80(8-3)61-45-66-71-59(48-94(66)73(99)60(61)49-113-76(80)102)57(7-2)58-22-9-10-23-62(58)89-71/h9-10,15-16,18-23,25-28,43-45,50,63-65,70,77,83,87,92,103H,6-8,11-14,17,24,29-42,46-49,81-82H2,1-5H3,(H,88,95)(H,91,98)(H2,84,85,104)(H2,86,90,105). The number of aryl methyl sites for hydroxylation is 1. The van der Waals surface area contributed by atoms with E-state index in [2.05, 4.69) is 47.3 Å². The Morgan fingerprint density at radius 3 is 2.04 bits per heavy atom. The van der Waals surface area contributed by atoms with Gasteiger partial charge in [-0.15, -0.1) is 0 Å². The maximum Gasteiger partial charge on any atom is 0.355 e. The first-order valence-corrected chi connectivity index (χ1v) is 40.5. The van der Waals surface area contributed by atoms with Gasteiger partial charge in [0.05, 0.1) is 106 Å². The number of nitrogens with two attached hydrogens (primary N) is 2. The third-order valence-corrected chi connectivity index (χ3v) is 20.9. The molecule has 5 heterocycles. The van der Waals surface area contributed by atoms with E-state index in [0.29, 0.717) is 92.2 Å². The SMILES string of the molecule is CCCNC(O)Nc1cccc(S(=O)(=O)Nc2cccc(C(CC(=O)OCCCCN)NC(=O)Nc3ccc(NC(=O)NCCOCCOCCOCCC(=O)NC(CC(=O)OCCCCN)C(=O)N4CCCC4C(=O)NC(C(=O)OC4(CC)C(=O)OCc5c4cc4n(c5=O)Cc5c-4nc4ccccc4c5CC)C(C)C)cc3)c2)c1. The zero-order valence-corrected chi connectivity index (χ0v) is 66.3. The molecule has 14 N–H and O–H groups in total. The Morgan fingerprint density at radius 1 is 0.704 bits per heavy atom. The van der Waals surface area contributed by atoms with E-state index in [4.69, 9.17) is 49.6 Å². The topological polar surface area (TPSA) is 471 Å². The molecule has 9 rings (SSSR count). The van der Waals surface area contributed by atoms with Gasteiger partial charge in [-0.25, -0.2) is 32.6 Å². The molecular formula is C80H106N14O20S. The number of nitrogens with one attached hydrogen (secondary N) is 9. The fourth-order valence-corrected chi connectivity index (χ4v) is 14.6. The summed E-state index contributed by atoms with van der Waals surface area (Å²) in [6.07, 6.45) is 1.84. The van der Waals surface area contributed by atoms with Gasteiger partial charge >= 0.3 is 35.9 Å². The number of rotatable bonds is 45. The zero-order chi connectivity index (χ0) is 82.6. The van der Waals surface area contributed by atoms with Gasteiger partial charge in [0.25, 0.3) is 15.6 Å². The first-order valence-electron chi connectivity index (χ1n) is 39.0. The molecule has 0 radical (unpaired) electrons. The summed E-state index contributed by atoms with van der Waals surface area (Å²) < 4.78 is 70.8. The van der Waals surface area contributed by atoms with Crippen LogP contribution in [0.1, 0.15) is 139 Å². The second kappa shape index (κ2) is 43.2. The van der Waals surface area contributed by atoms with Gasteiger partial charge < -0.3 is 96.4 Å². The molecule has 0 aliphatic carbocycles. The number of likely N-dealkylation sites (tertiary alicyclic amines) is 1. The highest BCUT2D eigenvalue weighted by Crippen LogP contribution is 2.43. The molecule has 4 aromatic carbocycles. The van der Waals surface area contributed by atoms with Crippen LogP contribution >= 0.6 is 0 Å². The Labute approximate surface area is 667 Å². The van der Waals surface area contributed by atoms with E-state index in [1.165, 1.54) is 35.2 Å². The maximum atomic E-state index is 14.6. The lowest BCUT2D eigenvalue weighted by molar-refractivity contribution is -0.191. The minimum Gasteiger partial charge on any atom is -0.466 e. The molecule has 34 nitrogen and oxygen atoms in total. The van der Waals surface area contributed by atoms with E-state index >= 15 is 0 Å². The van der Waals surface area contributed by atoms with E-state index < -0.39 is 118 Å². The Balaban J connectivity index is 0.691. The van der Waals surface area contributed by atoms with Gasteiger partial charge in [0.2, 0.25) is 23.3 Å². The third-order valence-electron chi connectivity index (χ3n) is 19.5. The van der Waals surface area contributed by atoms with Crippen molar-refractivity contribution in [2.75, 3.05) is 106 Å². The number of para-hydroxylation sites is 1. The van der Waals surface area contributed by atoms with Crippen LogP contribution in [0.5, 0.6) is 0 Å². The molecule has 2 aromatic heterocycles. The van der Waals surface area contributed by atoms with Gasteiger partial charge in [-0.05, 0) is 161 Å². The van der Waals surface area contributed by atoms with E-state index in [1.807, 2.05) is 38.1 Å². The second-order valence-corrected chi connectivity index (χ2v) is 29.8. The van der Waals surface area contributed by atoms with Gasteiger partial charge in [-0.3, -0.25) is 38.8 Å². The van der Waals surface area contributed by atoms with Crippen molar-refractivity contribution in [1.82, 2.24) is 41.0 Å². The number of aromatic nitrogens is 2. The van der Waals surface area contributed by atoms with Crippen molar-refractivity contribution >= 4 is 97.3 Å². The number of ether oxygens (including phenoxy) is 7. The minimum absolute atomic E-state index is 0.0229. The number of fused-ring (bicyclic) bond motifs is 5. The number of aliphatic hydroxyl groups is 1. The molecule has 0 bridgehead atoms. The van der Waals surface area contributed by atoms with E-state index in [1.54, 1.807) is 73.9 Å². The molecule has 115 heavy (non-hydrogen) atoms. The Kier molecular flexibility index (Phi) is 33.1. The number of cyclic esters (lactones) is 1. The van der Waals surface area contributed by atoms with Crippen molar-refractivity contribution in [3.8, 4) is 11.4 Å². The average Bonchev–Trinajstić information content (AvgIpc) is 1.63. The summed E-state index contributed by atoms with van der Waals surface area (Å²) in [6.45, 7) is 11.1. The number of nitrogens with zero attached hydrogens (tertiary/aromatic N) is 3. The predicted octanol–water partition coefficient (Wildman–Crippen LogP) is 5.77. The lowest BCUT2D eigenvalue weighted by atomic mass is 9.85. The predicted molar refractivity (Wildman–Crippen MR) is 426 cm³/mol. The van der Waals surface area contributed by atoms with Crippen molar-refractivity contribution in [2.45, 2.75) is 166 Å². The van der Waals surface area contributed by atoms with Crippen LogP contribution in [-0.2, 0) is 102 Å². The van der Waals surface area contributed by atoms with Crippen molar-refractivity contribution in [2.24, 2.45) is 17.4 Å². The largest absolute Gasteiger partial charge is 0.466 e. The number of urea groups is 2. The van der Waals surface area contributed by atoms with E-state index in [9.17, 15) is 61.5 Å². The number of hydrogen-bond acceptors (Lipinski definition) is 25. The molecule has 0 spiro atoms. The summed E-state index contributed by atoms with van der Waals surface area (Å²) in [4.78, 5) is 144. The average molecular weight is 1620 g/mol. The summed E-state index contributed by atoms with van der Waals surface area (Å²) in [6, 6.07) is 21.4. The number of unbranched alkanes of at least 4 members (excludes halogenated alkanes) is 2. The molecule has 3 aliphatic heterocycles. The summed E-state index contributed by atoms with van der Waals surface area (Å²) >= 11 is 0. The van der Waals surface area contributed by atoms with Crippen LogP contribution in [0.25, 0.3) is 22.3 Å². The molecule has 3 aliphatic rings. The Bertz CT molecular complexity index is 4570. The Hall–Kier alpha value is -10.7. The number of benzene rings is 4. The Morgan fingerprint density at radius 2 is 1.37 bits per heavy atom. The number of carbonyl (C=O) groups is 9. The smallest absolute Gasteiger partial charge is 0.355 e. The molecule has 622 valence electrons. The molecule has 6 aromatic rings. The highest BCUT2D eigenvalue weighted by Gasteiger charge is 2.52. The van der Waals surface area contributed by atoms with Crippen LogP contribution in [0.15, 0.2) is 113 Å². The summed E-state index contributed by atoms with van der Waals surface area (Å²) in [7, 11) is -4.16. The fraction of sp³-hybridized carbons (Fsp3) is 0.487. The van der Waals surface area contributed by atoms with Gasteiger partial charge in [0, 0.05) is 58.8 Å². The number of amides is 7. The number of hydrogen-bond donors (Lipinski definition) is 12. The number of anilines is 4. The van der Waals surface area contributed by atoms with Gasteiger partial charge in [-0.1, -0.05) is 71.0 Å². The number of pyridine rings is 2. The van der Waals surface area contributed by atoms with Crippen LogP contribution in [0.2, 0.25) is 0 Å². The van der Waals surface area contributed by atoms with Gasteiger partial charge in [-0.2, -0.15) is 0 Å². The zero-order valence-electron chi connectivity index (χ0n) is 65.5.